The topological polar surface area (TPSA) is 75.6 Å². The van der Waals surface area contributed by atoms with Gasteiger partial charge in [0, 0.05) is 6.54 Å². The molecule has 0 aromatic heterocycles. The summed E-state index contributed by atoms with van der Waals surface area (Å²) in [5.41, 5.74) is -0.997. The lowest BCUT2D eigenvalue weighted by Crippen LogP contribution is -2.46. The van der Waals surface area contributed by atoms with Crippen LogP contribution in [0.4, 0.5) is 4.39 Å². The van der Waals surface area contributed by atoms with Crippen LogP contribution in [0.25, 0.3) is 0 Å². The van der Waals surface area contributed by atoms with Crippen molar-refractivity contribution >= 4 is 23.5 Å². The minimum Gasteiger partial charge on any atom is -0.481 e. The van der Waals surface area contributed by atoms with Crippen molar-refractivity contribution in [2.75, 3.05) is 6.54 Å². The molecule has 0 heterocycles. The minimum absolute atomic E-state index is 0.0129. The van der Waals surface area contributed by atoms with Gasteiger partial charge < -0.3 is 15.2 Å². The van der Waals surface area contributed by atoms with Crippen molar-refractivity contribution in [2.45, 2.75) is 39.7 Å². The summed E-state index contributed by atoms with van der Waals surface area (Å²) in [4.78, 5) is 23.5. The zero-order chi connectivity index (χ0) is 17.6. The Morgan fingerprint density at radius 1 is 1.39 bits per heavy atom. The highest BCUT2D eigenvalue weighted by atomic mass is 35.5. The van der Waals surface area contributed by atoms with Gasteiger partial charge in [0.2, 0.25) is 0 Å². The standard InChI is InChI=1S/C16H21ClFNO4/c1-4-16(5-2,15(21)22)9-19-14(20)10(3)23-13-7-6-11(18)8-12(13)17/h6-8,10H,4-5,9H2,1-3H3,(H,19,20)(H,21,22). The van der Waals surface area contributed by atoms with Crippen molar-refractivity contribution in [1.82, 2.24) is 5.32 Å². The van der Waals surface area contributed by atoms with Crippen molar-refractivity contribution in [2.24, 2.45) is 5.41 Å². The first-order valence-corrected chi connectivity index (χ1v) is 7.76. The number of carbonyl (C=O) groups is 2. The summed E-state index contributed by atoms with van der Waals surface area (Å²) in [5.74, 6) is -1.72. The van der Waals surface area contributed by atoms with E-state index in [1.54, 1.807) is 13.8 Å². The molecule has 0 aliphatic carbocycles. The van der Waals surface area contributed by atoms with E-state index in [0.29, 0.717) is 12.8 Å². The summed E-state index contributed by atoms with van der Waals surface area (Å²) in [6.07, 6.45) is -0.0887. The van der Waals surface area contributed by atoms with Crippen LogP contribution >= 0.6 is 11.6 Å². The molecule has 0 spiro atoms. The van der Waals surface area contributed by atoms with Gasteiger partial charge in [0.1, 0.15) is 11.6 Å². The number of benzene rings is 1. The first-order chi connectivity index (χ1) is 10.8. The van der Waals surface area contributed by atoms with Crippen molar-refractivity contribution in [3.8, 4) is 5.75 Å². The second-order valence-electron chi connectivity index (χ2n) is 5.35. The molecule has 0 bridgehead atoms. The van der Waals surface area contributed by atoms with Gasteiger partial charge in [0.05, 0.1) is 10.4 Å². The van der Waals surface area contributed by atoms with Crippen molar-refractivity contribution in [3.63, 3.8) is 0 Å². The Kier molecular flexibility index (Phi) is 6.81. The van der Waals surface area contributed by atoms with Crippen LogP contribution in [-0.4, -0.2) is 29.6 Å². The first-order valence-electron chi connectivity index (χ1n) is 7.38. The van der Waals surface area contributed by atoms with E-state index >= 15 is 0 Å². The monoisotopic (exact) mass is 345 g/mol. The van der Waals surface area contributed by atoms with Gasteiger partial charge in [-0.1, -0.05) is 25.4 Å². The second-order valence-corrected chi connectivity index (χ2v) is 5.75. The molecular weight excluding hydrogens is 325 g/mol. The molecule has 1 aromatic rings. The van der Waals surface area contributed by atoms with Gasteiger partial charge in [0.25, 0.3) is 5.91 Å². The molecule has 0 saturated carbocycles. The molecule has 1 aromatic carbocycles. The number of carboxylic acid groups (broad SMARTS) is 1. The third-order valence-corrected chi connectivity index (χ3v) is 4.27. The highest BCUT2D eigenvalue weighted by Gasteiger charge is 2.35. The number of carboxylic acids is 1. The summed E-state index contributed by atoms with van der Waals surface area (Å²) < 4.78 is 18.4. The Labute approximate surface area is 139 Å². The maximum atomic E-state index is 13.0. The largest absolute Gasteiger partial charge is 0.481 e. The average molecular weight is 346 g/mol. The molecule has 0 saturated heterocycles. The lowest BCUT2D eigenvalue weighted by atomic mass is 9.82. The summed E-state index contributed by atoms with van der Waals surface area (Å²) in [6, 6.07) is 3.60. The fraction of sp³-hybridized carbons (Fsp3) is 0.500. The SMILES string of the molecule is CCC(CC)(CNC(=O)C(C)Oc1ccc(F)cc1Cl)C(=O)O. The Hall–Kier alpha value is -1.82. The fourth-order valence-corrected chi connectivity index (χ4v) is 2.30. The lowest BCUT2D eigenvalue weighted by molar-refractivity contribution is -0.149. The zero-order valence-electron chi connectivity index (χ0n) is 13.4. The molecule has 0 fully saturated rings. The second kappa shape index (κ2) is 8.15. The quantitative estimate of drug-likeness (QED) is 0.758. The highest BCUT2D eigenvalue weighted by molar-refractivity contribution is 6.32. The molecule has 2 N–H and O–H groups in total. The molecule has 128 valence electrons. The van der Waals surface area contributed by atoms with Crippen LogP contribution in [0.1, 0.15) is 33.6 Å². The third kappa shape index (κ3) is 4.82. The first kappa shape index (κ1) is 19.2. The van der Waals surface area contributed by atoms with Crippen LogP contribution in [0.3, 0.4) is 0 Å². The predicted molar refractivity (Wildman–Crippen MR) is 85.2 cm³/mol. The van der Waals surface area contributed by atoms with Gasteiger partial charge in [-0.2, -0.15) is 0 Å². The molecule has 7 heteroatoms. The van der Waals surface area contributed by atoms with E-state index in [0.717, 1.165) is 6.07 Å². The Morgan fingerprint density at radius 3 is 2.48 bits per heavy atom. The summed E-state index contributed by atoms with van der Waals surface area (Å²) >= 11 is 5.84. The average Bonchev–Trinajstić information content (AvgIpc) is 2.50. The molecule has 0 radical (unpaired) electrons. The van der Waals surface area contributed by atoms with E-state index in [2.05, 4.69) is 5.32 Å². The van der Waals surface area contributed by atoms with Crippen LogP contribution in [0.15, 0.2) is 18.2 Å². The van der Waals surface area contributed by atoms with E-state index < -0.39 is 29.2 Å². The number of halogens is 2. The van der Waals surface area contributed by atoms with E-state index in [9.17, 15) is 19.1 Å². The maximum Gasteiger partial charge on any atom is 0.311 e. The van der Waals surface area contributed by atoms with Crippen molar-refractivity contribution in [3.05, 3.63) is 29.0 Å². The van der Waals surface area contributed by atoms with Gasteiger partial charge in [0.15, 0.2) is 6.10 Å². The summed E-state index contributed by atoms with van der Waals surface area (Å²) in [6.45, 7) is 5.05. The molecule has 0 aliphatic rings. The summed E-state index contributed by atoms with van der Waals surface area (Å²) in [5, 5.41) is 12.0. The van der Waals surface area contributed by atoms with E-state index in [4.69, 9.17) is 16.3 Å². The molecule has 0 aliphatic heterocycles. The van der Waals surface area contributed by atoms with E-state index in [1.165, 1.54) is 19.1 Å². The predicted octanol–water partition coefficient (Wildman–Crippen LogP) is 3.25. The Morgan fingerprint density at radius 2 is 2.00 bits per heavy atom. The van der Waals surface area contributed by atoms with Gasteiger partial charge in [-0.25, -0.2) is 4.39 Å². The number of hydrogen-bond donors (Lipinski definition) is 2. The number of rotatable bonds is 8. The van der Waals surface area contributed by atoms with Gasteiger partial charge >= 0.3 is 5.97 Å². The van der Waals surface area contributed by atoms with Gasteiger partial charge in [-0.15, -0.1) is 0 Å². The molecule has 5 nitrogen and oxygen atoms in total. The van der Waals surface area contributed by atoms with Gasteiger partial charge in [-0.3, -0.25) is 9.59 Å². The number of nitrogens with one attached hydrogen (secondary N) is 1. The van der Waals surface area contributed by atoms with Gasteiger partial charge in [-0.05, 0) is 38.0 Å². The number of ether oxygens (including phenoxy) is 1. The van der Waals surface area contributed by atoms with Crippen molar-refractivity contribution in [1.29, 1.82) is 0 Å². The van der Waals surface area contributed by atoms with Crippen LogP contribution in [-0.2, 0) is 9.59 Å². The molecule has 1 rings (SSSR count). The lowest BCUT2D eigenvalue weighted by Gasteiger charge is -2.27. The molecular formula is C16H21ClFNO4. The molecule has 1 atom stereocenters. The van der Waals surface area contributed by atoms with Crippen molar-refractivity contribution < 1.29 is 23.8 Å². The van der Waals surface area contributed by atoms with E-state index in [1.807, 2.05) is 0 Å². The minimum atomic E-state index is -0.997. The fourth-order valence-electron chi connectivity index (χ4n) is 2.09. The number of carbonyl (C=O) groups excluding carboxylic acids is 1. The van der Waals surface area contributed by atoms with Crippen LogP contribution in [0.5, 0.6) is 5.75 Å². The van der Waals surface area contributed by atoms with E-state index in [-0.39, 0.29) is 17.3 Å². The maximum absolute atomic E-state index is 13.0. The molecule has 23 heavy (non-hydrogen) atoms. The number of aliphatic carboxylic acids is 1. The summed E-state index contributed by atoms with van der Waals surface area (Å²) in [7, 11) is 0. The number of amides is 1. The Bertz CT molecular complexity index is 575. The smallest absolute Gasteiger partial charge is 0.311 e. The Balaban J connectivity index is 2.68. The third-order valence-electron chi connectivity index (χ3n) is 3.98. The van der Waals surface area contributed by atoms with Crippen LogP contribution in [0, 0.1) is 11.2 Å². The zero-order valence-corrected chi connectivity index (χ0v) is 14.1. The highest BCUT2D eigenvalue weighted by Crippen LogP contribution is 2.27. The normalized spacial score (nSPS) is 12.6. The number of hydrogen-bond acceptors (Lipinski definition) is 3. The van der Waals surface area contributed by atoms with Crippen LogP contribution in [0.2, 0.25) is 5.02 Å². The molecule has 1 unspecified atom stereocenters. The van der Waals surface area contributed by atoms with Crippen LogP contribution < -0.4 is 10.1 Å². The molecule has 1 amide bonds.